The van der Waals surface area contributed by atoms with E-state index in [-0.39, 0.29) is 29.6 Å². The molecule has 0 aliphatic carbocycles. The van der Waals surface area contributed by atoms with Gasteiger partial charge in [-0.2, -0.15) is 0 Å². The molecule has 0 spiro atoms. The number of allylic oxidation sites excluding steroid dienone is 1. The number of ether oxygens (including phenoxy) is 4. The van der Waals surface area contributed by atoms with Crippen LogP contribution < -0.4 is 14.2 Å². The molecular formula is C25H16BrFO6. The Balaban J connectivity index is 1.44. The van der Waals surface area contributed by atoms with Gasteiger partial charge in [-0.3, -0.25) is 4.79 Å². The van der Waals surface area contributed by atoms with Crippen molar-refractivity contribution in [2.24, 2.45) is 0 Å². The van der Waals surface area contributed by atoms with Gasteiger partial charge < -0.3 is 18.9 Å². The van der Waals surface area contributed by atoms with Crippen molar-refractivity contribution in [2.75, 3.05) is 6.79 Å². The van der Waals surface area contributed by atoms with E-state index in [0.717, 1.165) is 10.0 Å². The van der Waals surface area contributed by atoms with Crippen LogP contribution in [0.4, 0.5) is 4.39 Å². The average Bonchev–Trinajstić information content (AvgIpc) is 3.09. The van der Waals surface area contributed by atoms with Crippen LogP contribution in [0.2, 0.25) is 0 Å². The summed E-state index contributed by atoms with van der Waals surface area (Å²) in [5.41, 5.74) is 2.74. The molecule has 0 atom stereocenters. The zero-order chi connectivity index (χ0) is 23.1. The highest BCUT2D eigenvalue weighted by Gasteiger charge is 2.31. The van der Waals surface area contributed by atoms with E-state index in [9.17, 15) is 14.0 Å². The van der Waals surface area contributed by atoms with Crippen molar-refractivity contribution < 1.29 is 32.9 Å². The van der Waals surface area contributed by atoms with Crippen molar-refractivity contribution in [3.63, 3.8) is 0 Å². The summed E-state index contributed by atoms with van der Waals surface area (Å²) in [5.74, 6) is -0.0956. The lowest BCUT2D eigenvalue weighted by Gasteiger charge is -2.20. The topological polar surface area (TPSA) is 71.1 Å². The summed E-state index contributed by atoms with van der Waals surface area (Å²) in [5, 5.41) is 0. The molecule has 0 bridgehead atoms. The molecule has 0 fully saturated rings. The summed E-state index contributed by atoms with van der Waals surface area (Å²) in [7, 11) is 0. The average molecular weight is 511 g/mol. The summed E-state index contributed by atoms with van der Waals surface area (Å²) < 4.78 is 36.1. The molecule has 6 nitrogen and oxygen atoms in total. The smallest absolute Gasteiger partial charge is 0.343 e. The molecule has 2 aliphatic heterocycles. The molecule has 0 radical (unpaired) electrons. The predicted molar refractivity (Wildman–Crippen MR) is 120 cm³/mol. The van der Waals surface area contributed by atoms with Gasteiger partial charge in [-0.1, -0.05) is 15.9 Å². The summed E-state index contributed by atoms with van der Waals surface area (Å²) in [6.45, 7) is 2.27. The third kappa shape index (κ3) is 4.15. The first-order valence-electron chi connectivity index (χ1n) is 9.98. The fraction of sp³-hybridized carbons (Fsp3) is 0.120. The third-order valence-corrected chi connectivity index (χ3v) is 5.68. The Labute approximate surface area is 196 Å². The number of esters is 1. The van der Waals surface area contributed by atoms with Crippen LogP contribution in [-0.4, -0.2) is 18.5 Å². The number of fused-ring (bicyclic) bond motifs is 2. The number of Topliss-reactive ketones (excluding diaryl/α,β-unsaturated/α-hetero) is 1. The van der Waals surface area contributed by atoms with Crippen LogP contribution >= 0.6 is 15.9 Å². The van der Waals surface area contributed by atoms with Crippen molar-refractivity contribution in [2.45, 2.75) is 13.5 Å². The Hall–Kier alpha value is -3.49. The van der Waals surface area contributed by atoms with Crippen molar-refractivity contribution in [3.05, 3.63) is 92.4 Å². The third-order valence-electron chi connectivity index (χ3n) is 5.22. The number of carbonyl (C=O) groups is 2. The lowest BCUT2D eigenvalue weighted by molar-refractivity contribution is -0.0165. The fourth-order valence-corrected chi connectivity index (χ4v) is 4.27. The number of hydrogen-bond donors (Lipinski definition) is 0. The molecule has 8 heteroatoms. The number of halogens is 2. The van der Waals surface area contributed by atoms with Crippen LogP contribution in [0.5, 0.6) is 17.2 Å². The molecule has 33 heavy (non-hydrogen) atoms. The molecule has 2 heterocycles. The van der Waals surface area contributed by atoms with Crippen molar-refractivity contribution >= 4 is 33.8 Å². The predicted octanol–water partition coefficient (Wildman–Crippen LogP) is 5.60. The summed E-state index contributed by atoms with van der Waals surface area (Å²) >= 11 is 3.47. The van der Waals surface area contributed by atoms with Gasteiger partial charge in [0.05, 0.1) is 17.7 Å². The van der Waals surface area contributed by atoms with Gasteiger partial charge in [0.15, 0.2) is 12.6 Å². The minimum Gasteiger partial charge on any atom is -0.467 e. The fourth-order valence-electron chi connectivity index (χ4n) is 3.75. The molecule has 0 saturated heterocycles. The largest absolute Gasteiger partial charge is 0.467 e. The summed E-state index contributed by atoms with van der Waals surface area (Å²) in [4.78, 5) is 25.4. The Morgan fingerprint density at radius 3 is 2.73 bits per heavy atom. The first-order chi connectivity index (χ1) is 15.9. The maximum absolute atomic E-state index is 13.1. The van der Waals surface area contributed by atoms with E-state index in [4.69, 9.17) is 18.9 Å². The molecule has 166 valence electrons. The minimum atomic E-state index is -0.644. The Bertz CT molecular complexity index is 1330. The van der Waals surface area contributed by atoms with Crippen LogP contribution in [0, 0.1) is 12.7 Å². The minimum absolute atomic E-state index is 0.127. The number of hydrogen-bond acceptors (Lipinski definition) is 6. The van der Waals surface area contributed by atoms with Crippen LogP contribution in [-0.2, 0) is 11.3 Å². The Kier molecular flexibility index (Phi) is 5.47. The van der Waals surface area contributed by atoms with E-state index in [1.165, 1.54) is 30.3 Å². The lowest BCUT2D eigenvalue weighted by Crippen LogP contribution is -2.12. The molecule has 0 unspecified atom stereocenters. The molecule has 2 aliphatic rings. The van der Waals surface area contributed by atoms with Crippen molar-refractivity contribution in [1.82, 2.24) is 0 Å². The van der Waals surface area contributed by atoms with Crippen LogP contribution in [0.3, 0.4) is 0 Å². The molecule has 0 aromatic heterocycles. The normalized spacial score (nSPS) is 15.5. The van der Waals surface area contributed by atoms with Crippen LogP contribution in [0.1, 0.15) is 37.4 Å². The van der Waals surface area contributed by atoms with Gasteiger partial charge in [-0.05, 0) is 61.0 Å². The van der Waals surface area contributed by atoms with E-state index >= 15 is 0 Å². The summed E-state index contributed by atoms with van der Waals surface area (Å²) in [6, 6.07) is 11.8. The molecule has 0 N–H and O–H groups in total. The highest BCUT2D eigenvalue weighted by molar-refractivity contribution is 9.10. The first kappa shape index (κ1) is 21.4. The van der Waals surface area contributed by atoms with Crippen molar-refractivity contribution in [3.8, 4) is 17.2 Å². The standard InChI is InChI=1S/C25H16BrFO6/c1-13-6-19(32-25(29)14-2-4-18(27)5-3-14)10-20-22(13)23(28)21(33-20)9-15-7-17(26)8-16-11-30-12-31-24(15)16/h2-10H,11-12H2,1H3/b21-9-. The number of carbonyl (C=O) groups excluding carboxylic acids is 2. The van der Waals surface area contributed by atoms with Crippen LogP contribution in [0.15, 0.2) is 58.8 Å². The van der Waals surface area contributed by atoms with E-state index in [1.807, 2.05) is 12.1 Å². The van der Waals surface area contributed by atoms with E-state index < -0.39 is 11.8 Å². The van der Waals surface area contributed by atoms with E-state index in [2.05, 4.69) is 15.9 Å². The second-order valence-corrected chi connectivity index (χ2v) is 8.46. The van der Waals surface area contributed by atoms with Crippen molar-refractivity contribution in [1.29, 1.82) is 0 Å². The van der Waals surface area contributed by atoms with E-state index in [1.54, 1.807) is 19.1 Å². The molecule has 3 aromatic carbocycles. The number of ketones is 1. The molecule has 0 saturated carbocycles. The van der Waals surface area contributed by atoms with Gasteiger partial charge in [-0.25, -0.2) is 9.18 Å². The highest BCUT2D eigenvalue weighted by atomic mass is 79.9. The monoisotopic (exact) mass is 510 g/mol. The molecule has 5 rings (SSSR count). The second-order valence-electron chi connectivity index (χ2n) is 7.54. The summed E-state index contributed by atoms with van der Waals surface area (Å²) in [6.07, 6.45) is 1.63. The molecule has 3 aromatic rings. The van der Waals surface area contributed by atoms with E-state index in [0.29, 0.717) is 34.8 Å². The van der Waals surface area contributed by atoms with Crippen LogP contribution in [0.25, 0.3) is 6.08 Å². The zero-order valence-corrected chi connectivity index (χ0v) is 18.9. The van der Waals surface area contributed by atoms with Gasteiger partial charge >= 0.3 is 5.97 Å². The number of benzene rings is 3. The van der Waals surface area contributed by atoms with Gasteiger partial charge in [-0.15, -0.1) is 0 Å². The van der Waals surface area contributed by atoms with Gasteiger partial charge in [0.1, 0.15) is 23.1 Å². The Morgan fingerprint density at radius 2 is 1.94 bits per heavy atom. The second kappa shape index (κ2) is 8.46. The quantitative estimate of drug-likeness (QED) is 0.259. The molecular weight excluding hydrogens is 495 g/mol. The number of rotatable bonds is 3. The van der Waals surface area contributed by atoms with Gasteiger partial charge in [0.25, 0.3) is 0 Å². The highest BCUT2D eigenvalue weighted by Crippen LogP contribution is 2.39. The number of aryl methyl sites for hydroxylation is 1. The zero-order valence-electron chi connectivity index (χ0n) is 17.3. The van der Waals surface area contributed by atoms with Gasteiger partial charge in [0.2, 0.25) is 5.78 Å². The Morgan fingerprint density at radius 1 is 1.15 bits per heavy atom. The first-order valence-corrected chi connectivity index (χ1v) is 10.8. The maximum atomic E-state index is 13.1. The lowest BCUT2D eigenvalue weighted by atomic mass is 10.0. The SMILES string of the molecule is Cc1cc(OC(=O)c2ccc(F)cc2)cc2c1C(=O)/C(=C/c1cc(Br)cc3c1OCOC3)O2. The maximum Gasteiger partial charge on any atom is 0.343 e. The molecule has 0 amide bonds. The van der Waals surface area contributed by atoms with Gasteiger partial charge in [0, 0.05) is 21.7 Å².